The number of cyclic esters (lactones) is 1. The molecule has 0 unspecified atom stereocenters. The van der Waals surface area contributed by atoms with Gasteiger partial charge in [0, 0.05) is 23.1 Å². The smallest absolute Gasteiger partial charge is 0.375 e. The van der Waals surface area contributed by atoms with Crippen LogP contribution in [0.2, 0.25) is 0 Å². The molecule has 2 atom stereocenters. The largest absolute Gasteiger partial charge is 0.460 e. The summed E-state index contributed by atoms with van der Waals surface area (Å²) < 4.78 is 17.0. The van der Waals surface area contributed by atoms with Gasteiger partial charge in [-0.3, -0.25) is 0 Å². The Balaban J connectivity index is 1.61. The first kappa shape index (κ1) is 18.0. The lowest BCUT2D eigenvalue weighted by atomic mass is 10.1. The van der Waals surface area contributed by atoms with Crippen LogP contribution >= 0.6 is 23.1 Å². The molecule has 4 rings (SSSR count). The van der Waals surface area contributed by atoms with Crippen molar-refractivity contribution in [1.29, 1.82) is 0 Å². The lowest BCUT2D eigenvalue weighted by Gasteiger charge is -2.07. The summed E-state index contributed by atoms with van der Waals surface area (Å²) in [7, 11) is 0. The number of furan rings is 1. The molecule has 140 valence electrons. The van der Waals surface area contributed by atoms with Crippen LogP contribution in [0.3, 0.4) is 0 Å². The summed E-state index contributed by atoms with van der Waals surface area (Å²) in [5.41, 5.74) is 1.31. The van der Waals surface area contributed by atoms with E-state index >= 15 is 0 Å². The van der Waals surface area contributed by atoms with Crippen LogP contribution in [0.1, 0.15) is 34.5 Å². The molecule has 1 aliphatic heterocycles. The maximum Gasteiger partial charge on any atom is 0.375 e. The molecule has 0 N–H and O–H groups in total. The van der Waals surface area contributed by atoms with Gasteiger partial charge in [0.1, 0.15) is 16.7 Å². The van der Waals surface area contributed by atoms with E-state index in [0.29, 0.717) is 23.3 Å². The third kappa shape index (κ3) is 3.70. The third-order valence-corrected chi connectivity index (χ3v) is 6.11. The van der Waals surface area contributed by atoms with Gasteiger partial charge in [0.25, 0.3) is 0 Å². The second-order valence-electron chi connectivity index (χ2n) is 6.16. The molecule has 2 aromatic heterocycles. The second-order valence-corrected chi connectivity index (χ2v) is 8.56. The van der Waals surface area contributed by atoms with Crippen LogP contribution in [0.25, 0.3) is 11.0 Å². The van der Waals surface area contributed by atoms with Crippen molar-refractivity contribution in [2.75, 3.05) is 0 Å². The Bertz CT molecular complexity index is 1010. The number of ether oxygens (including phenoxy) is 2. The average molecular weight is 404 g/mol. The zero-order valence-corrected chi connectivity index (χ0v) is 16.3. The predicted octanol–water partition coefficient (Wildman–Crippen LogP) is 3.75. The number of aromatic nitrogens is 2. The van der Waals surface area contributed by atoms with Gasteiger partial charge in [0.05, 0.1) is 0 Å². The van der Waals surface area contributed by atoms with Crippen molar-refractivity contribution >= 4 is 46.0 Å². The Morgan fingerprint density at radius 2 is 2.19 bits per heavy atom. The van der Waals surface area contributed by atoms with Crippen molar-refractivity contribution in [2.24, 2.45) is 0 Å². The molecule has 1 saturated heterocycles. The number of hydrogen-bond donors (Lipinski definition) is 0. The zero-order chi connectivity index (χ0) is 19.0. The third-order valence-electron chi connectivity index (χ3n) is 4.11. The number of fused-ring (bicyclic) bond motifs is 1. The molecule has 0 bridgehead atoms. The highest BCUT2D eigenvalue weighted by Gasteiger charge is 2.36. The topological polar surface area (TPSA) is 91.5 Å². The van der Waals surface area contributed by atoms with E-state index < -0.39 is 18.0 Å². The van der Waals surface area contributed by atoms with Gasteiger partial charge in [-0.1, -0.05) is 41.3 Å². The predicted molar refractivity (Wildman–Crippen MR) is 99.8 cm³/mol. The molecule has 0 radical (unpaired) electrons. The fraction of sp³-hybridized carbons (Fsp3) is 0.333. The van der Waals surface area contributed by atoms with Gasteiger partial charge < -0.3 is 13.9 Å². The molecule has 1 fully saturated rings. The number of hydrogen-bond acceptors (Lipinski definition) is 9. The number of para-hydroxylation sites is 1. The van der Waals surface area contributed by atoms with Crippen LogP contribution < -0.4 is 0 Å². The minimum atomic E-state index is -0.896. The minimum absolute atomic E-state index is 0.109. The summed E-state index contributed by atoms with van der Waals surface area (Å²) in [4.78, 5) is 24.5. The average Bonchev–Trinajstić information content (AvgIpc) is 3.30. The van der Waals surface area contributed by atoms with Gasteiger partial charge in [0.2, 0.25) is 11.9 Å². The SMILES string of the molecule is Cc1nnc(SCc2c(C(=O)O[C@@H]3C[C@@H](C)OC3=O)oc3ccccc23)s1. The van der Waals surface area contributed by atoms with Crippen molar-refractivity contribution in [3.8, 4) is 0 Å². The first-order valence-electron chi connectivity index (χ1n) is 8.36. The highest BCUT2D eigenvalue weighted by Crippen LogP contribution is 2.34. The van der Waals surface area contributed by atoms with E-state index in [-0.39, 0.29) is 11.9 Å². The lowest BCUT2D eigenvalue weighted by Crippen LogP contribution is -2.23. The number of esters is 2. The van der Waals surface area contributed by atoms with Crippen molar-refractivity contribution in [2.45, 2.75) is 42.6 Å². The highest BCUT2D eigenvalue weighted by molar-refractivity contribution is 8.00. The number of thioether (sulfide) groups is 1. The zero-order valence-electron chi connectivity index (χ0n) is 14.6. The van der Waals surface area contributed by atoms with Crippen LogP contribution in [-0.2, 0) is 20.0 Å². The van der Waals surface area contributed by atoms with Crippen molar-refractivity contribution < 1.29 is 23.5 Å². The van der Waals surface area contributed by atoms with Crippen molar-refractivity contribution in [3.63, 3.8) is 0 Å². The molecule has 3 heterocycles. The summed E-state index contributed by atoms with van der Waals surface area (Å²) >= 11 is 2.96. The molecule has 1 aromatic carbocycles. The summed E-state index contributed by atoms with van der Waals surface area (Å²) in [6.45, 7) is 3.65. The molecule has 7 nitrogen and oxygen atoms in total. The number of nitrogens with zero attached hydrogens (tertiary/aromatic N) is 2. The van der Waals surface area contributed by atoms with E-state index in [1.165, 1.54) is 23.1 Å². The summed E-state index contributed by atoms with van der Waals surface area (Å²) in [5, 5.41) is 9.81. The second kappa shape index (κ2) is 7.32. The van der Waals surface area contributed by atoms with E-state index in [2.05, 4.69) is 10.2 Å². The number of carbonyl (C=O) groups excluding carboxylic acids is 2. The molecule has 9 heteroatoms. The quantitative estimate of drug-likeness (QED) is 0.469. The first-order valence-corrected chi connectivity index (χ1v) is 10.2. The fourth-order valence-electron chi connectivity index (χ4n) is 2.88. The monoisotopic (exact) mass is 404 g/mol. The number of rotatable bonds is 5. The Morgan fingerprint density at radius 3 is 2.89 bits per heavy atom. The van der Waals surface area contributed by atoms with Crippen LogP contribution in [0.15, 0.2) is 33.0 Å². The standard InChI is InChI=1S/C18H16N2O5S2/c1-9-7-14(16(21)23-9)25-17(22)15-12(8-26-18-20-19-10(2)27-18)11-5-3-4-6-13(11)24-15/h3-6,9,14H,7-8H2,1-2H3/t9-,14-/m1/s1. The van der Waals surface area contributed by atoms with Gasteiger partial charge >= 0.3 is 11.9 Å². The summed E-state index contributed by atoms with van der Waals surface area (Å²) in [5.74, 6) is -0.600. The van der Waals surface area contributed by atoms with Gasteiger partial charge in [-0.2, -0.15) is 0 Å². The molecule has 3 aromatic rings. The molecular weight excluding hydrogens is 388 g/mol. The van der Waals surface area contributed by atoms with Gasteiger partial charge in [-0.25, -0.2) is 9.59 Å². The summed E-state index contributed by atoms with van der Waals surface area (Å²) in [6, 6.07) is 7.40. The van der Waals surface area contributed by atoms with Crippen molar-refractivity contribution in [1.82, 2.24) is 10.2 Å². The molecule has 0 saturated carbocycles. The molecule has 0 amide bonds. The Hall–Kier alpha value is -2.39. The van der Waals surface area contributed by atoms with Crippen molar-refractivity contribution in [3.05, 3.63) is 40.6 Å². The molecule has 1 aliphatic rings. The van der Waals surface area contributed by atoms with E-state index in [0.717, 1.165) is 14.7 Å². The Labute approximate surface area is 163 Å². The minimum Gasteiger partial charge on any atom is -0.460 e. The van der Waals surface area contributed by atoms with Crippen LogP contribution in [-0.4, -0.2) is 34.3 Å². The molecule has 0 spiro atoms. The van der Waals surface area contributed by atoms with Crippen LogP contribution in [0, 0.1) is 6.92 Å². The molecule has 0 aliphatic carbocycles. The summed E-state index contributed by atoms with van der Waals surface area (Å²) in [6.07, 6.45) is -0.812. The van der Waals surface area contributed by atoms with E-state index in [9.17, 15) is 9.59 Å². The number of benzene rings is 1. The lowest BCUT2D eigenvalue weighted by molar-refractivity contribution is -0.147. The fourth-order valence-corrected chi connectivity index (χ4v) is 4.72. The number of carbonyl (C=O) groups is 2. The maximum absolute atomic E-state index is 12.7. The Kier molecular flexibility index (Phi) is 4.88. The first-order chi connectivity index (χ1) is 13.0. The van der Waals surface area contributed by atoms with E-state index in [4.69, 9.17) is 13.9 Å². The van der Waals surface area contributed by atoms with Gasteiger partial charge in [-0.05, 0) is 19.9 Å². The van der Waals surface area contributed by atoms with Gasteiger partial charge in [-0.15, -0.1) is 10.2 Å². The van der Waals surface area contributed by atoms with E-state index in [1.807, 2.05) is 25.1 Å². The van der Waals surface area contributed by atoms with Crippen LogP contribution in [0.4, 0.5) is 0 Å². The van der Waals surface area contributed by atoms with Gasteiger partial charge in [0.15, 0.2) is 4.34 Å². The van der Waals surface area contributed by atoms with E-state index in [1.54, 1.807) is 13.0 Å². The molecule has 27 heavy (non-hydrogen) atoms. The number of aryl methyl sites for hydroxylation is 1. The van der Waals surface area contributed by atoms with Crippen LogP contribution in [0.5, 0.6) is 0 Å². The molecular formula is C18H16N2O5S2. The Morgan fingerprint density at radius 1 is 1.37 bits per heavy atom. The highest BCUT2D eigenvalue weighted by atomic mass is 32.2. The normalized spacial score (nSPS) is 19.4. The maximum atomic E-state index is 12.7.